The van der Waals surface area contributed by atoms with E-state index in [2.05, 4.69) is 37.6 Å². The van der Waals surface area contributed by atoms with Crippen molar-refractivity contribution in [1.29, 1.82) is 0 Å². The average molecular weight is 238 g/mol. The number of rotatable bonds is 7. The monoisotopic (exact) mass is 238 g/mol. The van der Waals surface area contributed by atoms with Crippen LogP contribution in [0.15, 0.2) is 12.2 Å². The Hall–Kier alpha value is -0.340. The molecule has 1 heterocycles. The molecule has 0 aromatic rings. The van der Waals surface area contributed by atoms with Crippen LogP contribution in [-0.2, 0) is 0 Å². The lowest BCUT2D eigenvalue weighted by Crippen LogP contribution is -2.46. The van der Waals surface area contributed by atoms with Crippen LogP contribution in [0.4, 0.5) is 0 Å². The molecule has 0 aromatic heterocycles. The van der Waals surface area contributed by atoms with Crippen molar-refractivity contribution < 1.29 is 0 Å². The molecule has 1 atom stereocenters. The second kappa shape index (κ2) is 7.88. The van der Waals surface area contributed by atoms with E-state index < -0.39 is 0 Å². The number of hydrogen-bond acceptors (Lipinski definition) is 2. The molecule has 1 saturated heterocycles. The first-order chi connectivity index (χ1) is 8.13. The van der Waals surface area contributed by atoms with Crippen molar-refractivity contribution in [2.45, 2.75) is 52.5 Å². The largest absolute Gasteiger partial charge is 0.315 e. The van der Waals surface area contributed by atoms with Crippen molar-refractivity contribution in [3.05, 3.63) is 12.2 Å². The summed E-state index contributed by atoms with van der Waals surface area (Å²) in [5.41, 5.74) is 1.38. The first kappa shape index (κ1) is 14.7. The standard InChI is InChI=1S/C15H30N2/c1-5-14(4)12-17-9-7-6-8-15(17)11-16-10-13(2)3/h13,15-16H,4-12H2,1-3H3. The van der Waals surface area contributed by atoms with Crippen molar-refractivity contribution in [2.24, 2.45) is 5.92 Å². The maximum atomic E-state index is 4.15. The van der Waals surface area contributed by atoms with Gasteiger partial charge in [-0.15, -0.1) is 0 Å². The molecule has 2 heteroatoms. The van der Waals surface area contributed by atoms with Crippen molar-refractivity contribution >= 4 is 0 Å². The molecule has 1 rings (SSSR count). The molecule has 1 fully saturated rings. The fourth-order valence-electron chi connectivity index (χ4n) is 2.44. The van der Waals surface area contributed by atoms with Crippen LogP contribution in [0.1, 0.15) is 46.5 Å². The summed E-state index contributed by atoms with van der Waals surface area (Å²) in [4.78, 5) is 2.63. The van der Waals surface area contributed by atoms with Gasteiger partial charge in [0.15, 0.2) is 0 Å². The van der Waals surface area contributed by atoms with E-state index in [1.807, 2.05) is 0 Å². The highest BCUT2D eigenvalue weighted by atomic mass is 15.2. The lowest BCUT2D eigenvalue weighted by Gasteiger charge is -2.36. The van der Waals surface area contributed by atoms with E-state index in [1.165, 1.54) is 31.4 Å². The summed E-state index contributed by atoms with van der Waals surface area (Å²) in [6, 6.07) is 0.728. The van der Waals surface area contributed by atoms with Gasteiger partial charge in [-0.3, -0.25) is 4.90 Å². The van der Waals surface area contributed by atoms with Gasteiger partial charge in [0.25, 0.3) is 0 Å². The Bertz CT molecular complexity index is 223. The molecule has 1 aliphatic rings. The quantitative estimate of drug-likeness (QED) is 0.686. The highest BCUT2D eigenvalue weighted by molar-refractivity contribution is 4.98. The molecule has 17 heavy (non-hydrogen) atoms. The summed E-state index contributed by atoms with van der Waals surface area (Å²) in [5.74, 6) is 0.748. The van der Waals surface area contributed by atoms with Gasteiger partial charge in [0.05, 0.1) is 0 Å². The summed E-state index contributed by atoms with van der Waals surface area (Å²) >= 11 is 0. The predicted molar refractivity (Wildman–Crippen MR) is 76.4 cm³/mol. The molecule has 0 bridgehead atoms. The Balaban J connectivity index is 2.34. The van der Waals surface area contributed by atoms with Crippen LogP contribution in [0.25, 0.3) is 0 Å². The summed E-state index contributed by atoms with van der Waals surface area (Å²) in [6.07, 6.45) is 5.21. The van der Waals surface area contributed by atoms with Gasteiger partial charge in [0.2, 0.25) is 0 Å². The maximum Gasteiger partial charge on any atom is 0.0224 e. The second-order valence-corrected chi connectivity index (χ2v) is 5.78. The number of nitrogens with zero attached hydrogens (tertiary/aromatic N) is 1. The van der Waals surface area contributed by atoms with Crippen molar-refractivity contribution in [3.63, 3.8) is 0 Å². The van der Waals surface area contributed by atoms with E-state index in [-0.39, 0.29) is 0 Å². The summed E-state index contributed by atoms with van der Waals surface area (Å²) in [5, 5.41) is 3.60. The molecule has 2 nitrogen and oxygen atoms in total. The number of likely N-dealkylation sites (tertiary alicyclic amines) is 1. The van der Waals surface area contributed by atoms with Gasteiger partial charge in [-0.25, -0.2) is 0 Å². The normalized spacial score (nSPS) is 22.0. The minimum atomic E-state index is 0.728. The van der Waals surface area contributed by atoms with Crippen LogP contribution in [0.3, 0.4) is 0 Å². The molecular weight excluding hydrogens is 208 g/mol. The number of piperidine rings is 1. The number of nitrogens with one attached hydrogen (secondary N) is 1. The van der Waals surface area contributed by atoms with Crippen LogP contribution in [-0.4, -0.2) is 37.1 Å². The minimum absolute atomic E-state index is 0.728. The molecular formula is C15H30N2. The molecule has 1 N–H and O–H groups in total. The molecule has 1 unspecified atom stereocenters. The maximum absolute atomic E-state index is 4.15. The fourth-order valence-corrected chi connectivity index (χ4v) is 2.44. The molecule has 100 valence electrons. The van der Waals surface area contributed by atoms with Gasteiger partial charge in [0, 0.05) is 19.1 Å². The van der Waals surface area contributed by atoms with Crippen molar-refractivity contribution in [1.82, 2.24) is 10.2 Å². The molecule has 1 aliphatic heterocycles. The Morgan fingerprint density at radius 3 is 2.82 bits per heavy atom. The third-order valence-electron chi connectivity index (χ3n) is 3.61. The SMILES string of the molecule is C=C(CC)CN1CCCCC1CNCC(C)C. The van der Waals surface area contributed by atoms with E-state index in [9.17, 15) is 0 Å². The topological polar surface area (TPSA) is 15.3 Å². The van der Waals surface area contributed by atoms with Crippen LogP contribution < -0.4 is 5.32 Å². The third kappa shape index (κ3) is 5.69. The van der Waals surface area contributed by atoms with Gasteiger partial charge in [-0.1, -0.05) is 39.3 Å². The fraction of sp³-hybridized carbons (Fsp3) is 0.867. The van der Waals surface area contributed by atoms with Gasteiger partial charge in [-0.2, -0.15) is 0 Å². The summed E-state index contributed by atoms with van der Waals surface area (Å²) in [7, 11) is 0. The van der Waals surface area contributed by atoms with Gasteiger partial charge in [-0.05, 0) is 38.3 Å². The molecule has 0 saturated carbocycles. The Morgan fingerprint density at radius 1 is 1.41 bits per heavy atom. The molecule has 0 spiro atoms. The van der Waals surface area contributed by atoms with E-state index >= 15 is 0 Å². The van der Waals surface area contributed by atoms with Gasteiger partial charge < -0.3 is 5.32 Å². The molecule has 0 radical (unpaired) electrons. The predicted octanol–water partition coefficient (Wildman–Crippen LogP) is 3.05. The minimum Gasteiger partial charge on any atom is -0.315 e. The number of hydrogen-bond donors (Lipinski definition) is 1. The Kier molecular flexibility index (Phi) is 6.83. The van der Waals surface area contributed by atoms with Crippen LogP contribution in [0.2, 0.25) is 0 Å². The first-order valence-electron chi connectivity index (χ1n) is 7.24. The highest BCUT2D eigenvalue weighted by Gasteiger charge is 2.21. The van der Waals surface area contributed by atoms with Crippen LogP contribution >= 0.6 is 0 Å². The lowest BCUT2D eigenvalue weighted by molar-refractivity contribution is 0.157. The molecule has 0 aliphatic carbocycles. The van der Waals surface area contributed by atoms with Crippen molar-refractivity contribution in [2.75, 3.05) is 26.2 Å². The average Bonchev–Trinajstić information content (AvgIpc) is 2.30. The smallest absolute Gasteiger partial charge is 0.0224 e. The third-order valence-corrected chi connectivity index (χ3v) is 3.61. The molecule has 0 aromatic carbocycles. The lowest BCUT2D eigenvalue weighted by atomic mass is 10.0. The van der Waals surface area contributed by atoms with Crippen LogP contribution in [0.5, 0.6) is 0 Å². The van der Waals surface area contributed by atoms with E-state index in [1.54, 1.807) is 0 Å². The highest BCUT2D eigenvalue weighted by Crippen LogP contribution is 2.18. The summed E-state index contributed by atoms with van der Waals surface area (Å²) < 4.78 is 0. The van der Waals surface area contributed by atoms with Gasteiger partial charge >= 0.3 is 0 Å². The zero-order chi connectivity index (χ0) is 12.7. The van der Waals surface area contributed by atoms with Gasteiger partial charge in [0.1, 0.15) is 0 Å². The first-order valence-corrected chi connectivity index (χ1v) is 7.24. The zero-order valence-corrected chi connectivity index (χ0v) is 12.0. The Morgan fingerprint density at radius 2 is 2.18 bits per heavy atom. The summed E-state index contributed by atoms with van der Waals surface area (Å²) in [6.45, 7) is 15.5. The zero-order valence-electron chi connectivity index (χ0n) is 12.0. The van der Waals surface area contributed by atoms with Crippen molar-refractivity contribution in [3.8, 4) is 0 Å². The Labute approximate surface area is 107 Å². The van der Waals surface area contributed by atoms with E-state index in [4.69, 9.17) is 0 Å². The van der Waals surface area contributed by atoms with E-state index in [0.717, 1.165) is 38.0 Å². The molecule has 0 amide bonds. The van der Waals surface area contributed by atoms with Crippen LogP contribution in [0, 0.1) is 5.92 Å². The van der Waals surface area contributed by atoms with E-state index in [0.29, 0.717) is 0 Å². The second-order valence-electron chi connectivity index (χ2n) is 5.78.